The van der Waals surface area contributed by atoms with Crippen molar-refractivity contribution in [3.8, 4) is 11.5 Å². The van der Waals surface area contributed by atoms with Crippen LogP contribution in [-0.4, -0.2) is 24.6 Å². The van der Waals surface area contributed by atoms with Gasteiger partial charge in [0.2, 0.25) is 0 Å². The monoisotopic (exact) mass is 580 g/mol. The zero-order valence-electron chi connectivity index (χ0n) is 22.3. The summed E-state index contributed by atoms with van der Waals surface area (Å²) in [5, 5.41) is 6.96. The highest BCUT2D eigenvalue weighted by Crippen LogP contribution is 2.20. The van der Waals surface area contributed by atoms with E-state index in [1.807, 2.05) is 45.9 Å². The van der Waals surface area contributed by atoms with Crippen LogP contribution >= 0.6 is 21.6 Å². The Balaban J connectivity index is 0.979. The van der Waals surface area contributed by atoms with Crippen LogP contribution in [0.15, 0.2) is 97.1 Å². The molecule has 0 aliphatic carbocycles. The molecule has 4 nitrogen and oxygen atoms in total. The molecule has 0 fully saturated rings. The smallest absolute Gasteiger partial charge is 0.123 e. The highest BCUT2D eigenvalue weighted by Gasteiger charge is 2.01. The van der Waals surface area contributed by atoms with Gasteiger partial charge in [-0.05, 0) is 70.8 Å². The number of benzene rings is 4. The second-order valence-corrected chi connectivity index (χ2v) is 11.8. The van der Waals surface area contributed by atoms with Crippen molar-refractivity contribution in [1.82, 2.24) is 10.6 Å². The molecule has 0 saturated carbocycles. The van der Waals surface area contributed by atoms with Crippen LogP contribution in [0.25, 0.3) is 0 Å². The number of ether oxygens (including phenoxy) is 2. The molecular weight excluding hydrogens is 546 g/mol. The maximum atomic E-state index is 13.0. The van der Waals surface area contributed by atoms with Gasteiger partial charge in [-0.3, -0.25) is 0 Å². The molecule has 0 saturated heterocycles. The predicted molar refractivity (Wildman–Crippen MR) is 163 cm³/mol. The van der Waals surface area contributed by atoms with E-state index in [0.717, 1.165) is 60.3 Å². The first-order chi connectivity index (χ1) is 19.6. The molecular formula is C32H34F2N2O2S2. The van der Waals surface area contributed by atoms with Crippen molar-refractivity contribution >= 4 is 21.6 Å². The van der Waals surface area contributed by atoms with Crippen LogP contribution in [0.2, 0.25) is 0 Å². The fourth-order valence-electron chi connectivity index (χ4n) is 3.71. The summed E-state index contributed by atoms with van der Waals surface area (Å²) in [7, 11) is 3.76. The number of rotatable bonds is 17. The normalized spacial score (nSPS) is 10.9. The summed E-state index contributed by atoms with van der Waals surface area (Å²) in [6.45, 7) is 4.38. The first kappa shape index (κ1) is 29.9. The van der Waals surface area contributed by atoms with Crippen LogP contribution in [0.5, 0.6) is 11.5 Å². The molecule has 4 aromatic carbocycles. The van der Waals surface area contributed by atoms with Crippen LogP contribution in [0.3, 0.4) is 0 Å². The Labute approximate surface area is 243 Å². The Hall–Kier alpha value is -3.04. The summed E-state index contributed by atoms with van der Waals surface area (Å²) in [5.41, 5.74) is 4.30. The summed E-state index contributed by atoms with van der Waals surface area (Å²) in [5.74, 6) is 3.22. The van der Waals surface area contributed by atoms with Crippen molar-refractivity contribution in [2.75, 3.05) is 24.6 Å². The van der Waals surface area contributed by atoms with Gasteiger partial charge in [0.25, 0.3) is 0 Å². The van der Waals surface area contributed by atoms with Crippen LogP contribution in [0.4, 0.5) is 8.78 Å². The Morgan fingerprint density at radius 2 is 0.825 bits per heavy atom. The van der Waals surface area contributed by atoms with Gasteiger partial charge in [-0.1, -0.05) is 70.1 Å². The molecule has 0 amide bonds. The van der Waals surface area contributed by atoms with E-state index >= 15 is 0 Å². The van der Waals surface area contributed by atoms with Crippen LogP contribution in [0.1, 0.15) is 22.3 Å². The van der Waals surface area contributed by atoms with E-state index < -0.39 is 0 Å². The molecule has 4 aromatic rings. The Morgan fingerprint density at radius 3 is 1.20 bits per heavy atom. The van der Waals surface area contributed by atoms with Crippen molar-refractivity contribution < 1.29 is 18.3 Å². The molecule has 210 valence electrons. The van der Waals surface area contributed by atoms with Gasteiger partial charge in [0.05, 0.1) is 0 Å². The van der Waals surface area contributed by atoms with Gasteiger partial charge < -0.3 is 20.1 Å². The average Bonchev–Trinajstić information content (AvgIpc) is 2.99. The molecule has 40 heavy (non-hydrogen) atoms. The fourth-order valence-corrected chi connectivity index (χ4v) is 5.61. The molecule has 2 N–H and O–H groups in total. The van der Waals surface area contributed by atoms with Gasteiger partial charge in [-0.25, -0.2) is 8.78 Å². The fraction of sp³-hybridized carbons (Fsp3) is 0.250. The topological polar surface area (TPSA) is 42.5 Å². The average molecular weight is 581 g/mol. The first-order valence-electron chi connectivity index (χ1n) is 13.2. The van der Waals surface area contributed by atoms with Crippen molar-refractivity contribution in [2.24, 2.45) is 0 Å². The zero-order valence-corrected chi connectivity index (χ0v) is 23.9. The first-order valence-corrected chi connectivity index (χ1v) is 15.7. The minimum Gasteiger partial charge on any atom is -0.489 e. The molecule has 0 aromatic heterocycles. The van der Waals surface area contributed by atoms with E-state index in [1.165, 1.54) is 35.4 Å². The second kappa shape index (κ2) is 16.9. The molecule has 0 heterocycles. The molecule has 0 radical (unpaired) electrons. The Bertz CT molecular complexity index is 1160. The zero-order chi connectivity index (χ0) is 27.8. The third-order valence-corrected chi connectivity index (χ3v) is 8.36. The Morgan fingerprint density at radius 1 is 0.475 bits per heavy atom. The molecule has 0 bridgehead atoms. The van der Waals surface area contributed by atoms with Crippen molar-refractivity contribution in [1.29, 1.82) is 0 Å². The number of halogens is 2. The van der Waals surface area contributed by atoms with E-state index in [4.69, 9.17) is 9.47 Å². The molecule has 0 aliphatic heterocycles. The van der Waals surface area contributed by atoms with Gasteiger partial charge in [0, 0.05) is 37.7 Å². The van der Waals surface area contributed by atoms with Gasteiger partial charge in [-0.15, -0.1) is 0 Å². The third-order valence-electron chi connectivity index (χ3n) is 5.95. The summed E-state index contributed by atoms with van der Waals surface area (Å²) >= 11 is 0. The van der Waals surface area contributed by atoms with E-state index in [2.05, 4.69) is 34.9 Å². The molecule has 0 unspecified atom stereocenters. The highest BCUT2D eigenvalue weighted by molar-refractivity contribution is 8.76. The lowest BCUT2D eigenvalue weighted by Gasteiger charge is -2.09. The summed E-state index contributed by atoms with van der Waals surface area (Å²) in [6.07, 6.45) is 0. The van der Waals surface area contributed by atoms with E-state index in [1.54, 1.807) is 24.3 Å². The minimum absolute atomic E-state index is 0.239. The van der Waals surface area contributed by atoms with E-state index in [0.29, 0.717) is 13.2 Å². The molecule has 8 heteroatoms. The van der Waals surface area contributed by atoms with Crippen LogP contribution < -0.4 is 20.1 Å². The van der Waals surface area contributed by atoms with E-state index in [9.17, 15) is 8.78 Å². The summed E-state index contributed by atoms with van der Waals surface area (Å²) < 4.78 is 37.5. The number of hydrogen-bond acceptors (Lipinski definition) is 6. The summed E-state index contributed by atoms with van der Waals surface area (Å²) in [6, 6.07) is 28.8. The second-order valence-electron chi connectivity index (χ2n) is 9.12. The van der Waals surface area contributed by atoms with Gasteiger partial charge >= 0.3 is 0 Å². The Kier molecular flexibility index (Phi) is 12.7. The van der Waals surface area contributed by atoms with Gasteiger partial charge in [0.1, 0.15) is 36.3 Å². The largest absolute Gasteiger partial charge is 0.489 e. The van der Waals surface area contributed by atoms with E-state index in [-0.39, 0.29) is 11.6 Å². The van der Waals surface area contributed by atoms with Gasteiger partial charge in [-0.2, -0.15) is 0 Å². The maximum Gasteiger partial charge on any atom is 0.123 e. The predicted octanol–water partition coefficient (Wildman–Crippen LogP) is 7.38. The molecule has 0 aliphatic rings. The van der Waals surface area contributed by atoms with Crippen molar-refractivity contribution in [2.45, 2.75) is 26.3 Å². The van der Waals surface area contributed by atoms with Gasteiger partial charge in [0.15, 0.2) is 0 Å². The lowest BCUT2D eigenvalue weighted by molar-refractivity contribution is 0.306. The van der Waals surface area contributed by atoms with Crippen molar-refractivity contribution in [3.05, 3.63) is 131 Å². The molecule has 4 rings (SSSR count). The standard InChI is InChI=1S/C32H34F2N2O2S2/c33-29-9-1-27(2-10-29)23-37-31-13-5-25(6-14-31)21-35-17-19-39-40-20-18-36-22-26-7-15-32(16-8-26)38-24-28-3-11-30(34)12-4-28/h1-16,35-36H,17-24H2. The summed E-state index contributed by atoms with van der Waals surface area (Å²) in [4.78, 5) is 0. The molecule has 0 spiro atoms. The number of hydrogen-bond donors (Lipinski definition) is 2. The SMILES string of the molecule is Fc1ccc(COc2ccc(CNCCSSCCNCc3ccc(OCc4ccc(F)cc4)cc3)cc2)cc1. The highest BCUT2D eigenvalue weighted by atomic mass is 33.1. The quantitative estimate of drug-likeness (QED) is 0.100. The molecule has 0 atom stereocenters. The third kappa shape index (κ3) is 11.2. The van der Waals surface area contributed by atoms with Crippen molar-refractivity contribution in [3.63, 3.8) is 0 Å². The lowest BCUT2D eigenvalue weighted by Crippen LogP contribution is -2.17. The number of nitrogens with one attached hydrogen (secondary N) is 2. The van der Waals surface area contributed by atoms with Crippen LogP contribution in [-0.2, 0) is 26.3 Å². The van der Waals surface area contributed by atoms with Crippen LogP contribution in [0, 0.1) is 11.6 Å². The lowest BCUT2D eigenvalue weighted by atomic mass is 10.2. The minimum atomic E-state index is -0.239. The maximum absolute atomic E-state index is 13.0.